The van der Waals surface area contributed by atoms with Crippen LogP contribution in [-0.4, -0.2) is 27.7 Å². The largest absolute Gasteiger partial charge is 0.440 e. The van der Waals surface area contributed by atoms with Gasteiger partial charge >= 0.3 is 6.09 Å². The van der Waals surface area contributed by atoms with Crippen molar-refractivity contribution >= 4 is 17.9 Å². The zero-order valence-corrected chi connectivity index (χ0v) is 16.6. The van der Waals surface area contributed by atoms with Crippen LogP contribution in [-0.2, 0) is 4.74 Å². The number of hydrogen-bond donors (Lipinski definition) is 1. The lowest BCUT2D eigenvalue weighted by Crippen LogP contribution is -2.34. The molecule has 6 nitrogen and oxygen atoms in total. The maximum atomic E-state index is 12.7. The van der Waals surface area contributed by atoms with Crippen molar-refractivity contribution in [3.05, 3.63) is 48.2 Å². The van der Waals surface area contributed by atoms with Crippen molar-refractivity contribution in [1.82, 2.24) is 9.97 Å². The molecule has 1 aromatic carbocycles. The lowest BCUT2D eigenvalue weighted by atomic mass is 9.91. The number of ether oxygens (including phenoxy) is 1. The molecule has 27 heavy (non-hydrogen) atoms. The molecule has 2 heterocycles. The van der Waals surface area contributed by atoms with Crippen LogP contribution < -0.4 is 10.2 Å². The molecular weight excluding hydrogens is 340 g/mol. The van der Waals surface area contributed by atoms with E-state index in [1.54, 1.807) is 17.2 Å². The molecule has 0 aliphatic carbocycles. The summed E-state index contributed by atoms with van der Waals surface area (Å²) < 4.78 is 5.66. The van der Waals surface area contributed by atoms with Gasteiger partial charge in [-0.15, -0.1) is 0 Å². The summed E-state index contributed by atoms with van der Waals surface area (Å²) in [5, 5.41) is 3.33. The zero-order chi connectivity index (χ0) is 19.6. The Morgan fingerprint density at radius 3 is 2.56 bits per heavy atom. The average molecular weight is 368 g/mol. The molecule has 0 saturated carbocycles. The first kappa shape index (κ1) is 19.1. The minimum atomic E-state index is -0.665. The predicted molar refractivity (Wildman–Crippen MR) is 107 cm³/mol. The smallest absolute Gasteiger partial charge is 0.416 e. The third-order valence-electron chi connectivity index (χ3n) is 4.67. The van der Waals surface area contributed by atoms with Gasteiger partial charge in [0.05, 0.1) is 0 Å². The molecule has 1 aliphatic rings. The molecule has 144 valence electrons. The second-order valence-corrected chi connectivity index (χ2v) is 8.07. The summed E-state index contributed by atoms with van der Waals surface area (Å²) in [4.78, 5) is 23.2. The van der Waals surface area contributed by atoms with Crippen LogP contribution in [0.15, 0.2) is 42.6 Å². The quantitative estimate of drug-likeness (QED) is 0.793. The van der Waals surface area contributed by atoms with Crippen LogP contribution in [0, 0.1) is 5.92 Å². The highest BCUT2D eigenvalue weighted by molar-refractivity contribution is 5.90. The Morgan fingerprint density at radius 1 is 1.19 bits per heavy atom. The number of aromatic nitrogens is 2. The molecule has 6 heteroatoms. The Balaban J connectivity index is 1.92. The fraction of sp³-hybridized carbons (Fsp3) is 0.476. The summed E-state index contributed by atoms with van der Waals surface area (Å²) in [5.74, 6) is 1.63. The van der Waals surface area contributed by atoms with E-state index in [1.165, 1.54) is 0 Å². The summed E-state index contributed by atoms with van der Waals surface area (Å²) in [6, 6.07) is 11.6. The Labute approximate surface area is 161 Å². The Bertz CT molecular complexity index is 792. The van der Waals surface area contributed by atoms with Crippen LogP contribution in [0.4, 0.5) is 16.6 Å². The van der Waals surface area contributed by atoms with Crippen molar-refractivity contribution in [2.45, 2.75) is 58.7 Å². The fourth-order valence-corrected chi connectivity index (χ4v) is 3.70. The van der Waals surface area contributed by atoms with E-state index in [-0.39, 0.29) is 12.1 Å². The average Bonchev–Trinajstić information content (AvgIpc) is 2.83. The minimum absolute atomic E-state index is 0.243. The number of carbonyl (C=O) groups excluding carboxylic acids is 1. The molecule has 1 N–H and O–H groups in total. The van der Waals surface area contributed by atoms with Crippen molar-refractivity contribution in [2.24, 2.45) is 5.92 Å². The highest BCUT2D eigenvalue weighted by Crippen LogP contribution is 2.43. The summed E-state index contributed by atoms with van der Waals surface area (Å²) >= 11 is 0. The van der Waals surface area contributed by atoms with Gasteiger partial charge in [-0.2, -0.15) is 4.98 Å². The molecule has 2 atom stereocenters. The Kier molecular flexibility index (Phi) is 5.35. The SMILES string of the molecule is CC(C)C[C@H](C)Nc1nccc(N2C(=O)OC(C)(C)C2c2ccccc2)n1. The molecule has 1 aromatic heterocycles. The van der Waals surface area contributed by atoms with Gasteiger partial charge < -0.3 is 10.1 Å². The molecule has 1 amide bonds. The maximum Gasteiger partial charge on any atom is 0.416 e. The van der Waals surface area contributed by atoms with Crippen molar-refractivity contribution < 1.29 is 9.53 Å². The second kappa shape index (κ2) is 7.55. The molecular formula is C21H28N4O2. The second-order valence-electron chi connectivity index (χ2n) is 8.07. The molecule has 0 spiro atoms. The number of anilines is 2. The first-order valence-corrected chi connectivity index (χ1v) is 9.44. The third-order valence-corrected chi connectivity index (χ3v) is 4.67. The summed E-state index contributed by atoms with van der Waals surface area (Å²) in [6.07, 6.45) is 2.29. The number of carbonyl (C=O) groups is 1. The van der Waals surface area contributed by atoms with Crippen molar-refractivity contribution in [2.75, 3.05) is 10.2 Å². The lowest BCUT2D eigenvalue weighted by Gasteiger charge is -2.28. The maximum absolute atomic E-state index is 12.7. The van der Waals surface area contributed by atoms with Crippen LogP contribution in [0.5, 0.6) is 0 Å². The monoisotopic (exact) mass is 368 g/mol. The number of amides is 1. The summed E-state index contributed by atoms with van der Waals surface area (Å²) in [5.41, 5.74) is 0.344. The minimum Gasteiger partial charge on any atom is -0.440 e. The van der Waals surface area contributed by atoms with Gasteiger partial charge in [-0.3, -0.25) is 0 Å². The van der Waals surface area contributed by atoms with Gasteiger partial charge in [-0.1, -0.05) is 44.2 Å². The van der Waals surface area contributed by atoms with Gasteiger partial charge in [-0.05, 0) is 44.7 Å². The molecule has 0 bridgehead atoms. The van der Waals surface area contributed by atoms with E-state index in [9.17, 15) is 4.79 Å². The van der Waals surface area contributed by atoms with Gasteiger partial charge in [0.15, 0.2) is 0 Å². The van der Waals surface area contributed by atoms with Crippen LogP contribution in [0.1, 0.15) is 52.6 Å². The van der Waals surface area contributed by atoms with Gasteiger partial charge in [0.2, 0.25) is 5.95 Å². The summed E-state index contributed by atoms with van der Waals surface area (Å²) in [6.45, 7) is 10.3. The lowest BCUT2D eigenvalue weighted by molar-refractivity contribution is 0.0685. The van der Waals surface area contributed by atoms with Gasteiger partial charge in [0.1, 0.15) is 17.5 Å². The van der Waals surface area contributed by atoms with Gasteiger partial charge in [0.25, 0.3) is 0 Å². The van der Waals surface area contributed by atoms with E-state index < -0.39 is 11.7 Å². The predicted octanol–water partition coefficient (Wildman–Crippen LogP) is 4.80. The number of nitrogens with one attached hydrogen (secondary N) is 1. The zero-order valence-electron chi connectivity index (χ0n) is 16.6. The molecule has 3 rings (SSSR count). The number of benzene rings is 1. The van der Waals surface area contributed by atoms with E-state index in [0.717, 1.165) is 12.0 Å². The Hall–Kier alpha value is -2.63. The molecule has 2 aromatic rings. The van der Waals surface area contributed by atoms with Crippen LogP contribution in [0.2, 0.25) is 0 Å². The van der Waals surface area contributed by atoms with E-state index in [4.69, 9.17) is 4.74 Å². The standard InChI is InChI=1S/C21H28N4O2/c1-14(2)13-15(3)23-19-22-12-11-17(24-19)25-18(16-9-7-6-8-10-16)21(4,5)27-20(25)26/h6-12,14-15,18H,13H2,1-5H3,(H,22,23,24)/t15-,18?/m0/s1. The van der Waals surface area contributed by atoms with Crippen molar-refractivity contribution in [3.63, 3.8) is 0 Å². The number of nitrogens with zero attached hydrogens (tertiary/aromatic N) is 3. The van der Waals surface area contributed by atoms with Gasteiger partial charge in [-0.25, -0.2) is 14.7 Å². The normalized spacial score (nSPS) is 19.9. The number of cyclic esters (lactones) is 1. The fourth-order valence-electron chi connectivity index (χ4n) is 3.70. The highest BCUT2D eigenvalue weighted by atomic mass is 16.6. The van der Waals surface area contributed by atoms with E-state index >= 15 is 0 Å². The van der Waals surface area contributed by atoms with E-state index in [1.807, 2.05) is 44.2 Å². The third kappa shape index (κ3) is 4.21. The first-order valence-electron chi connectivity index (χ1n) is 9.44. The Morgan fingerprint density at radius 2 is 1.89 bits per heavy atom. The van der Waals surface area contributed by atoms with Crippen molar-refractivity contribution in [3.8, 4) is 0 Å². The first-order chi connectivity index (χ1) is 12.8. The summed E-state index contributed by atoms with van der Waals surface area (Å²) in [7, 11) is 0. The molecule has 1 aliphatic heterocycles. The number of hydrogen-bond acceptors (Lipinski definition) is 5. The van der Waals surface area contributed by atoms with E-state index in [0.29, 0.717) is 17.7 Å². The van der Waals surface area contributed by atoms with Gasteiger partial charge in [0, 0.05) is 12.2 Å². The topological polar surface area (TPSA) is 67.4 Å². The van der Waals surface area contributed by atoms with Crippen LogP contribution in [0.25, 0.3) is 0 Å². The van der Waals surface area contributed by atoms with Crippen molar-refractivity contribution in [1.29, 1.82) is 0 Å². The van der Waals surface area contributed by atoms with Crippen LogP contribution >= 0.6 is 0 Å². The highest BCUT2D eigenvalue weighted by Gasteiger charge is 2.49. The molecule has 1 unspecified atom stereocenters. The molecule has 1 fully saturated rings. The number of rotatable bonds is 6. The van der Waals surface area contributed by atoms with Crippen LogP contribution in [0.3, 0.4) is 0 Å². The van der Waals surface area contributed by atoms with E-state index in [2.05, 4.69) is 36.1 Å². The molecule has 1 saturated heterocycles. The molecule has 0 radical (unpaired) electrons.